The molecule has 7 nitrogen and oxygen atoms in total. The molecule has 0 bridgehead atoms. The van der Waals surface area contributed by atoms with Crippen LogP contribution in [0, 0.1) is 21.8 Å². The third-order valence-corrected chi connectivity index (χ3v) is 5.15. The van der Waals surface area contributed by atoms with Crippen molar-refractivity contribution in [1.82, 2.24) is 10.2 Å². The first-order valence-corrected chi connectivity index (χ1v) is 9.49. The van der Waals surface area contributed by atoms with Crippen LogP contribution < -0.4 is 5.32 Å². The van der Waals surface area contributed by atoms with E-state index in [1.807, 2.05) is 0 Å². The Morgan fingerprint density at radius 2 is 1.76 bits per heavy atom. The maximum absolute atomic E-state index is 13.0. The summed E-state index contributed by atoms with van der Waals surface area (Å²) in [5.41, 5.74) is 0.354. The summed E-state index contributed by atoms with van der Waals surface area (Å²) in [5, 5.41) is 13.7. The smallest absolute Gasteiger partial charge is 0.282 e. The fourth-order valence-electron chi connectivity index (χ4n) is 3.52. The topological polar surface area (TPSA) is 92.6 Å². The number of likely N-dealkylation sites (tertiary alicyclic amines) is 1. The largest absolute Gasteiger partial charge is 0.351 e. The highest BCUT2D eigenvalue weighted by Crippen LogP contribution is 2.22. The summed E-state index contributed by atoms with van der Waals surface area (Å²) < 4.78 is 13.0. The summed E-state index contributed by atoms with van der Waals surface area (Å²) in [6.45, 7) is 2.41. The number of Topliss-reactive ketones (excluding diaryl/α,β-unsaturated/α-hetero) is 1. The fraction of sp³-hybridized carbons (Fsp3) is 0.333. The van der Waals surface area contributed by atoms with Crippen molar-refractivity contribution in [2.24, 2.45) is 5.92 Å². The molecule has 0 saturated carbocycles. The van der Waals surface area contributed by atoms with Gasteiger partial charge < -0.3 is 10.2 Å². The van der Waals surface area contributed by atoms with Crippen LogP contribution in [0.25, 0.3) is 0 Å². The Kier molecular flexibility index (Phi) is 6.66. The molecule has 2 aromatic carbocycles. The quantitative estimate of drug-likeness (QED) is 0.439. The fourth-order valence-corrected chi connectivity index (χ4v) is 3.52. The van der Waals surface area contributed by atoms with E-state index in [0.29, 0.717) is 31.5 Å². The van der Waals surface area contributed by atoms with Gasteiger partial charge in [0.1, 0.15) is 11.4 Å². The van der Waals surface area contributed by atoms with Crippen molar-refractivity contribution >= 4 is 17.4 Å². The Morgan fingerprint density at radius 1 is 1.10 bits per heavy atom. The number of rotatable bonds is 7. The van der Waals surface area contributed by atoms with Crippen LogP contribution in [0.1, 0.15) is 33.6 Å². The van der Waals surface area contributed by atoms with Crippen LogP contribution in [0.5, 0.6) is 0 Å². The molecular weight excluding hydrogens is 377 g/mol. The van der Waals surface area contributed by atoms with E-state index < -0.39 is 10.8 Å². The number of nitrogens with one attached hydrogen (secondary N) is 1. The van der Waals surface area contributed by atoms with Gasteiger partial charge in [-0.05, 0) is 56.3 Å². The molecule has 0 atom stereocenters. The van der Waals surface area contributed by atoms with Gasteiger partial charge in [-0.1, -0.05) is 12.1 Å². The van der Waals surface area contributed by atoms with Gasteiger partial charge >= 0.3 is 0 Å². The molecular formula is C21H22FN3O4. The van der Waals surface area contributed by atoms with Gasteiger partial charge in [0.2, 0.25) is 0 Å². The first-order valence-electron chi connectivity index (χ1n) is 9.49. The average molecular weight is 399 g/mol. The van der Waals surface area contributed by atoms with Crippen molar-refractivity contribution < 1.29 is 18.9 Å². The number of carbonyl (C=O) groups is 2. The minimum Gasteiger partial charge on any atom is -0.351 e. The van der Waals surface area contributed by atoms with Gasteiger partial charge in [-0.2, -0.15) is 0 Å². The van der Waals surface area contributed by atoms with Crippen molar-refractivity contribution in [3.05, 3.63) is 75.6 Å². The van der Waals surface area contributed by atoms with Crippen LogP contribution in [0.2, 0.25) is 0 Å². The monoisotopic (exact) mass is 399 g/mol. The standard InChI is InChI=1S/C21H22FN3O4/c22-17-7-5-15(6-8-17)20(26)16-9-12-24(13-10-16)14-11-23-21(27)18-3-1-2-4-19(18)25(28)29/h1-8,16H,9-14H2,(H,23,27). The number of hydrogen-bond acceptors (Lipinski definition) is 5. The second-order valence-corrected chi connectivity index (χ2v) is 7.02. The van der Waals surface area contributed by atoms with Crippen molar-refractivity contribution in [3.8, 4) is 0 Å². The number of hydrogen-bond donors (Lipinski definition) is 1. The molecule has 0 radical (unpaired) electrons. The third-order valence-electron chi connectivity index (χ3n) is 5.15. The Hall–Kier alpha value is -3.13. The molecule has 2 aromatic rings. The van der Waals surface area contributed by atoms with E-state index in [0.717, 1.165) is 13.1 Å². The molecule has 29 heavy (non-hydrogen) atoms. The highest BCUT2D eigenvalue weighted by molar-refractivity contribution is 5.98. The molecule has 1 N–H and O–H groups in total. The van der Waals surface area contributed by atoms with Crippen LogP contribution >= 0.6 is 0 Å². The normalized spacial score (nSPS) is 15.1. The first-order chi connectivity index (χ1) is 14.0. The maximum Gasteiger partial charge on any atom is 0.282 e. The number of amides is 1. The second-order valence-electron chi connectivity index (χ2n) is 7.02. The molecule has 0 aromatic heterocycles. The lowest BCUT2D eigenvalue weighted by Crippen LogP contribution is -2.41. The molecule has 8 heteroatoms. The minimum atomic E-state index is -0.572. The Bertz CT molecular complexity index is 893. The van der Waals surface area contributed by atoms with Crippen LogP contribution in [-0.4, -0.2) is 47.7 Å². The molecule has 1 saturated heterocycles. The average Bonchev–Trinajstić information content (AvgIpc) is 2.74. The van der Waals surface area contributed by atoms with Crippen molar-refractivity contribution in [3.63, 3.8) is 0 Å². The highest BCUT2D eigenvalue weighted by Gasteiger charge is 2.26. The van der Waals surface area contributed by atoms with E-state index in [2.05, 4.69) is 10.2 Å². The van der Waals surface area contributed by atoms with Crippen molar-refractivity contribution in [2.75, 3.05) is 26.2 Å². The number of carbonyl (C=O) groups excluding carboxylic acids is 2. The van der Waals surface area contributed by atoms with Crippen LogP contribution in [-0.2, 0) is 0 Å². The maximum atomic E-state index is 13.0. The number of nitrogens with zero attached hydrogens (tertiary/aromatic N) is 2. The van der Waals surface area contributed by atoms with Crippen LogP contribution in [0.3, 0.4) is 0 Å². The number of nitro benzene ring substituents is 1. The van der Waals surface area contributed by atoms with Gasteiger partial charge in [-0.15, -0.1) is 0 Å². The summed E-state index contributed by atoms with van der Waals surface area (Å²) in [4.78, 5) is 37.3. The predicted octanol–water partition coefficient (Wildman–Crippen LogP) is 3.06. The number of piperidine rings is 1. The van der Waals surface area contributed by atoms with E-state index in [1.54, 1.807) is 6.07 Å². The second kappa shape index (κ2) is 9.38. The summed E-state index contributed by atoms with van der Waals surface area (Å²) in [6, 6.07) is 11.5. The molecule has 152 valence electrons. The number of para-hydroxylation sites is 1. The molecule has 0 aliphatic carbocycles. The van der Waals surface area contributed by atoms with E-state index >= 15 is 0 Å². The van der Waals surface area contributed by atoms with E-state index in [-0.39, 0.29) is 28.8 Å². The lowest BCUT2D eigenvalue weighted by Gasteiger charge is -2.31. The molecule has 1 fully saturated rings. The van der Waals surface area contributed by atoms with Crippen LogP contribution in [0.4, 0.5) is 10.1 Å². The molecule has 1 amide bonds. The lowest BCUT2D eigenvalue weighted by molar-refractivity contribution is -0.385. The zero-order chi connectivity index (χ0) is 20.8. The third kappa shape index (κ3) is 5.23. The van der Waals surface area contributed by atoms with Gasteiger partial charge in [-0.3, -0.25) is 19.7 Å². The molecule has 0 unspecified atom stereocenters. The number of ketones is 1. The zero-order valence-electron chi connectivity index (χ0n) is 15.8. The molecule has 1 aliphatic heterocycles. The molecule has 1 heterocycles. The van der Waals surface area contributed by atoms with Gasteiger partial charge in [0.05, 0.1) is 4.92 Å². The van der Waals surface area contributed by atoms with Crippen LogP contribution in [0.15, 0.2) is 48.5 Å². The summed E-state index contributed by atoms with van der Waals surface area (Å²) in [6.07, 6.45) is 1.41. The van der Waals surface area contributed by atoms with E-state index in [4.69, 9.17) is 0 Å². The molecule has 1 aliphatic rings. The number of halogens is 1. The zero-order valence-corrected chi connectivity index (χ0v) is 15.8. The van der Waals surface area contributed by atoms with E-state index in [1.165, 1.54) is 42.5 Å². The molecule has 3 rings (SSSR count). The summed E-state index contributed by atoms with van der Waals surface area (Å²) >= 11 is 0. The Balaban J connectivity index is 1.44. The van der Waals surface area contributed by atoms with Crippen molar-refractivity contribution in [1.29, 1.82) is 0 Å². The predicted molar refractivity (Wildman–Crippen MR) is 105 cm³/mol. The molecule has 0 spiro atoms. The van der Waals surface area contributed by atoms with E-state index in [9.17, 15) is 24.1 Å². The lowest BCUT2D eigenvalue weighted by atomic mass is 9.89. The number of benzene rings is 2. The Morgan fingerprint density at radius 3 is 2.41 bits per heavy atom. The highest BCUT2D eigenvalue weighted by atomic mass is 19.1. The first kappa shape index (κ1) is 20.6. The van der Waals surface area contributed by atoms with Gasteiger partial charge in [0, 0.05) is 30.6 Å². The number of nitro groups is 1. The van der Waals surface area contributed by atoms with Gasteiger partial charge in [0.25, 0.3) is 11.6 Å². The van der Waals surface area contributed by atoms with Crippen molar-refractivity contribution in [2.45, 2.75) is 12.8 Å². The SMILES string of the molecule is O=C(NCCN1CCC(C(=O)c2ccc(F)cc2)CC1)c1ccccc1[N+](=O)[O-]. The van der Waals surface area contributed by atoms with Gasteiger partial charge in [-0.25, -0.2) is 4.39 Å². The Labute approximate surface area is 167 Å². The summed E-state index contributed by atoms with van der Waals surface area (Å²) in [5.74, 6) is -0.884. The minimum absolute atomic E-state index is 0.0364. The summed E-state index contributed by atoms with van der Waals surface area (Å²) in [7, 11) is 0. The van der Waals surface area contributed by atoms with Gasteiger partial charge in [0.15, 0.2) is 5.78 Å².